The molecule has 0 saturated heterocycles. The van der Waals surface area contributed by atoms with Crippen LogP contribution in [0.25, 0.3) is 0 Å². The van der Waals surface area contributed by atoms with Gasteiger partial charge in [-0.3, -0.25) is 0 Å². The maximum atomic E-state index is 3.62. The Morgan fingerprint density at radius 3 is 2.71 bits per heavy atom. The summed E-state index contributed by atoms with van der Waals surface area (Å²) in [4.78, 5) is 0. The molecule has 3 heteroatoms. The van der Waals surface area contributed by atoms with Crippen molar-refractivity contribution in [2.45, 2.75) is 38.6 Å². The van der Waals surface area contributed by atoms with Crippen LogP contribution in [-0.2, 0) is 0 Å². The number of rotatable bonds is 5. The fourth-order valence-corrected chi connectivity index (χ4v) is 3.64. The third-order valence-electron chi connectivity index (χ3n) is 3.66. The number of hydrogen-bond acceptors (Lipinski definition) is 1. The zero-order valence-corrected chi connectivity index (χ0v) is 13.4. The molecule has 1 aromatic carbocycles. The Kier molecular flexibility index (Phi) is 5.07. The smallest absolute Gasteiger partial charge is 0.0302 e. The van der Waals surface area contributed by atoms with Crippen molar-refractivity contribution in [1.82, 2.24) is 5.32 Å². The van der Waals surface area contributed by atoms with E-state index in [-0.39, 0.29) is 0 Å². The highest BCUT2D eigenvalue weighted by molar-refractivity contribution is 9.11. The van der Waals surface area contributed by atoms with Crippen molar-refractivity contribution in [3.8, 4) is 0 Å². The van der Waals surface area contributed by atoms with E-state index in [2.05, 4.69) is 62.3 Å². The summed E-state index contributed by atoms with van der Waals surface area (Å²) >= 11 is 7.11. The molecule has 1 aromatic rings. The predicted octanol–water partition coefficient (Wildman–Crippen LogP) is 5.05. The zero-order chi connectivity index (χ0) is 12.3. The summed E-state index contributed by atoms with van der Waals surface area (Å²) in [5.41, 5.74) is 1.34. The molecule has 0 bridgehead atoms. The first kappa shape index (κ1) is 13.6. The quantitative estimate of drug-likeness (QED) is 0.774. The number of hydrogen-bond donors (Lipinski definition) is 1. The Labute approximate surface area is 121 Å². The standard InChI is InChI=1S/C14H19Br2N/c1-10(17-8-7-11-3-2-4-11)13-6-5-12(15)9-14(13)16/h5-6,9-11,17H,2-4,7-8H2,1H3. The molecule has 0 radical (unpaired) electrons. The van der Waals surface area contributed by atoms with E-state index in [4.69, 9.17) is 0 Å². The fraction of sp³-hybridized carbons (Fsp3) is 0.571. The zero-order valence-electron chi connectivity index (χ0n) is 10.2. The van der Waals surface area contributed by atoms with Crippen molar-refractivity contribution in [2.24, 2.45) is 5.92 Å². The summed E-state index contributed by atoms with van der Waals surface area (Å²) in [7, 11) is 0. The molecular formula is C14H19Br2N. The SMILES string of the molecule is CC(NCCC1CCC1)c1ccc(Br)cc1Br. The first-order valence-electron chi connectivity index (χ1n) is 6.35. The lowest BCUT2D eigenvalue weighted by Gasteiger charge is -2.26. The van der Waals surface area contributed by atoms with Gasteiger partial charge in [0.15, 0.2) is 0 Å². The van der Waals surface area contributed by atoms with Crippen LogP contribution in [-0.4, -0.2) is 6.54 Å². The summed E-state index contributed by atoms with van der Waals surface area (Å²) in [6.45, 7) is 3.36. The Morgan fingerprint density at radius 1 is 1.35 bits per heavy atom. The van der Waals surface area contributed by atoms with Gasteiger partial charge in [0.1, 0.15) is 0 Å². The van der Waals surface area contributed by atoms with Gasteiger partial charge in [0.25, 0.3) is 0 Å². The second-order valence-corrected chi connectivity index (χ2v) is 6.70. The summed E-state index contributed by atoms with van der Waals surface area (Å²) in [6.07, 6.45) is 5.66. The van der Waals surface area contributed by atoms with Gasteiger partial charge in [-0.25, -0.2) is 0 Å². The number of benzene rings is 1. The van der Waals surface area contributed by atoms with E-state index in [1.165, 1.54) is 35.7 Å². The van der Waals surface area contributed by atoms with Crippen molar-refractivity contribution in [1.29, 1.82) is 0 Å². The molecule has 1 unspecified atom stereocenters. The predicted molar refractivity (Wildman–Crippen MR) is 80.2 cm³/mol. The Bertz CT molecular complexity index is 374. The molecule has 17 heavy (non-hydrogen) atoms. The van der Waals surface area contributed by atoms with Crippen molar-refractivity contribution >= 4 is 31.9 Å². The van der Waals surface area contributed by atoms with Gasteiger partial charge < -0.3 is 5.32 Å². The molecule has 1 atom stereocenters. The molecule has 1 saturated carbocycles. The normalized spacial score (nSPS) is 17.8. The van der Waals surface area contributed by atoms with E-state index >= 15 is 0 Å². The molecule has 0 heterocycles. The first-order chi connectivity index (χ1) is 8.16. The fourth-order valence-electron chi connectivity index (χ4n) is 2.25. The van der Waals surface area contributed by atoms with E-state index < -0.39 is 0 Å². The van der Waals surface area contributed by atoms with Crippen LogP contribution in [0.5, 0.6) is 0 Å². The Morgan fingerprint density at radius 2 is 2.12 bits per heavy atom. The largest absolute Gasteiger partial charge is 0.310 e. The third kappa shape index (κ3) is 3.80. The van der Waals surface area contributed by atoms with Gasteiger partial charge in [-0.1, -0.05) is 57.2 Å². The second kappa shape index (κ2) is 6.35. The average Bonchev–Trinajstić information content (AvgIpc) is 2.21. The van der Waals surface area contributed by atoms with Crippen molar-refractivity contribution in [2.75, 3.05) is 6.54 Å². The average molecular weight is 361 g/mol. The Hall–Kier alpha value is 0.140. The van der Waals surface area contributed by atoms with Crippen LogP contribution in [0, 0.1) is 5.92 Å². The van der Waals surface area contributed by atoms with E-state index in [9.17, 15) is 0 Å². The molecule has 0 aromatic heterocycles. The van der Waals surface area contributed by atoms with Crippen LogP contribution < -0.4 is 5.32 Å². The maximum absolute atomic E-state index is 3.62. The Balaban J connectivity index is 1.83. The third-order valence-corrected chi connectivity index (χ3v) is 4.84. The minimum absolute atomic E-state index is 0.414. The van der Waals surface area contributed by atoms with Crippen LogP contribution in [0.3, 0.4) is 0 Å². The number of nitrogens with one attached hydrogen (secondary N) is 1. The van der Waals surface area contributed by atoms with Gasteiger partial charge in [0.05, 0.1) is 0 Å². The minimum atomic E-state index is 0.414. The van der Waals surface area contributed by atoms with Gasteiger partial charge in [0.2, 0.25) is 0 Å². The molecule has 1 aliphatic rings. The molecular weight excluding hydrogens is 342 g/mol. The van der Waals surface area contributed by atoms with E-state index in [0.29, 0.717) is 6.04 Å². The van der Waals surface area contributed by atoms with Crippen LogP contribution in [0.15, 0.2) is 27.1 Å². The molecule has 94 valence electrons. The van der Waals surface area contributed by atoms with Crippen LogP contribution >= 0.6 is 31.9 Å². The molecule has 0 spiro atoms. The van der Waals surface area contributed by atoms with Gasteiger partial charge in [-0.05, 0) is 43.5 Å². The molecule has 0 amide bonds. The summed E-state index contributed by atoms with van der Waals surface area (Å²) in [6, 6.07) is 6.80. The van der Waals surface area contributed by atoms with E-state index in [0.717, 1.165) is 16.9 Å². The van der Waals surface area contributed by atoms with Gasteiger partial charge in [-0.15, -0.1) is 0 Å². The monoisotopic (exact) mass is 359 g/mol. The van der Waals surface area contributed by atoms with E-state index in [1.807, 2.05) is 0 Å². The van der Waals surface area contributed by atoms with Crippen LogP contribution in [0.4, 0.5) is 0 Å². The highest BCUT2D eigenvalue weighted by Crippen LogP contribution is 2.30. The summed E-state index contributed by atoms with van der Waals surface area (Å²) in [5.74, 6) is 0.989. The molecule has 1 nitrogen and oxygen atoms in total. The maximum Gasteiger partial charge on any atom is 0.0302 e. The van der Waals surface area contributed by atoms with Crippen molar-refractivity contribution in [3.05, 3.63) is 32.7 Å². The van der Waals surface area contributed by atoms with E-state index in [1.54, 1.807) is 0 Å². The molecule has 2 rings (SSSR count). The van der Waals surface area contributed by atoms with Crippen molar-refractivity contribution in [3.63, 3.8) is 0 Å². The van der Waals surface area contributed by atoms with Crippen LogP contribution in [0.2, 0.25) is 0 Å². The summed E-state index contributed by atoms with van der Waals surface area (Å²) < 4.78 is 2.30. The molecule has 1 fully saturated rings. The lowest BCUT2D eigenvalue weighted by molar-refractivity contribution is 0.288. The molecule has 0 aliphatic heterocycles. The minimum Gasteiger partial charge on any atom is -0.310 e. The highest BCUT2D eigenvalue weighted by Gasteiger charge is 2.17. The van der Waals surface area contributed by atoms with Gasteiger partial charge in [-0.2, -0.15) is 0 Å². The van der Waals surface area contributed by atoms with Crippen molar-refractivity contribution < 1.29 is 0 Å². The highest BCUT2D eigenvalue weighted by atomic mass is 79.9. The van der Waals surface area contributed by atoms with Gasteiger partial charge >= 0.3 is 0 Å². The summed E-state index contributed by atoms with van der Waals surface area (Å²) in [5, 5.41) is 3.61. The molecule has 1 aliphatic carbocycles. The topological polar surface area (TPSA) is 12.0 Å². The van der Waals surface area contributed by atoms with Gasteiger partial charge in [0, 0.05) is 15.0 Å². The number of halogens is 2. The molecule has 1 N–H and O–H groups in total. The first-order valence-corrected chi connectivity index (χ1v) is 7.93. The lowest BCUT2D eigenvalue weighted by atomic mass is 9.83. The second-order valence-electron chi connectivity index (χ2n) is 4.93. The lowest BCUT2D eigenvalue weighted by Crippen LogP contribution is -2.24. The van der Waals surface area contributed by atoms with Crippen LogP contribution in [0.1, 0.15) is 44.2 Å².